The molecule has 0 aromatic heterocycles. The second-order valence-electron chi connectivity index (χ2n) is 8.93. The number of carboxylic acid groups (broad SMARTS) is 1. The molecule has 2 aromatic rings. The zero-order valence-electron chi connectivity index (χ0n) is 19.3. The first kappa shape index (κ1) is 24.8. The van der Waals surface area contributed by atoms with E-state index in [9.17, 15) is 24.3 Å². The number of alkyl carbamates (subject to hydrolysis) is 1. The van der Waals surface area contributed by atoms with E-state index in [0.717, 1.165) is 22.3 Å². The summed E-state index contributed by atoms with van der Waals surface area (Å²) in [4.78, 5) is 47.6. The summed E-state index contributed by atoms with van der Waals surface area (Å²) in [5, 5.41) is 13.8. The Morgan fingerprint density at radius 3 is 2.06 bits per heavy atom. The highest BCUT2D eigenvalue weighted by atomic mass is 16.6. The van der Waals surface area contributed by atoms with Crippen molar-refractivity contribution in [3.63, 3.8) is 0 Å². The van der Waals surface area contributed by atoms with Gasteiger partial charge < -0.3 is 25.2 Å². The predicted octanol–water partition coefficient (Wildman–Crippen LogP) is 2.83. The van der Waals surface area contributed by atoms with Gasteiger partial charge in [-0.05, 0) is 43.0 Å². The molecule has 0 unspecified atom stereocenters. The van der Waals surface area contributed by atoms with Crippen LogP contribution in [0.2, 0.25) is 0 Å². The maximum Gasteiger partial charge on any atom is 0.407 e. The van der Waals surface area contributed by atoms with Crippen LogP contribution < -0.4 is 10.6 Å². The molecule has 0 saturated carbocycles. The summed E-state index contributed by atoms with van der Waals surface area (Å²) in [6.45, 7) is 4.53. The number of esters is 1. The lowest BCUT2D eigenvalue weighted by Gasteiger charge is -2.21. The number of fused-ring (bicyclic) bond motifs is 3. The van der Waals surface area contributed by atoms with Crippen LogP contribution in [-0.4, -0.2) is 53.8 Å². The van der Waals surface area contributed by atoms with E-state index in [-0.39, 0.29) is 12.5 Å². The van der Waals surface area contributed by atoms with E-state index >= 15 is 0 Å². The summed E-state index contributed by atoms with van der Waals surface area (Å²) >= 11 is 0. The Hall–Kier alpha value is -3.88. The third kappa shape index (κ3) is 6.34. The van der Waals surface area contributed by atoms with Gasteiger partial charge in [-0.3, -0.25) is 9.59 Å². The van der Waals surface area contributed by atoms with Gasteiger partial charge in [-0.25, -0.2) is 9.59 Å². The first-order valence-electron chi connectivity index (χ1n) is 10.9. The van der Waals surface area contributed by atoms with E-state index < -0.39 is 48.5 Å². The highest BCUT2D eigenvalue weighted by Crippen LogP contribution is 2.44. The molecule has 9 heteroatoms. The van der Waals surface area contributed by atoms with Gasteiger partial charge in [0, 0.05) is 5.92 Å². The first-order chi connectivity index (χ1) is 16.0. The molecule has 0 bridgehead atoms. The highest BCUT2D eigenvalue weighted by molar-refractivity contribution is 5.89. The van der Waals surface area contributed by atoms with Gasteiger partial charge in [-0.1, -0.05) is 48.5 Å². The molecule has 1 atom stereocenters. The maximum absolute atomic E-state index is 12.2. The van der Waals surface area contributed by atoms with Crippen molar-refractivity contribution in [3.05, 3.63) is 59.7 Å². The lowest BCUT2D eigenvalue weighted by atomic mass is 9.98. The summed E-state index contributed by atoms with van der Waals surface area (Å²) < 4.78 is 10.4. The summed E-state index contributed by atoms with van der Waals surface area (Å²) in [7, 11) is 0. The van der Waals surface area contributed by atoms with Crippen LogP contribution in [0.25, 0.3) is 11.1 Å². The standard InChI is InChI=1S/C25H28N2O7/c1-25(2,3)34-22(29)12-20(23(30)31)27-21(28)13-26-24(32)33-14-19-17-10-6-4-8-15(17)16-9-5-7-11-18(16)19/h4-11,19-20H,12-14H2,1-3H3,(H,26,32)(H,27,28)(H,30,31)/t20-/m0/s1. The molecule has 9 nitrogen and oxygen atoms in total. The molecule has 1 aliphatic carbocycles. The molecule has 0 fully saturated rings. The Kier molecular flexibility index (Phi) is 7.55. The van der Waals surface area contributed by atoms with Crippen LogP contribution in [0, 0.1) is 0 Å². The van der Waals surface area contributed by atoms with Crippen molar-refractivity contribution in [2.75, 3.05) is 13.2 Å². The minimum atomic E-state index is -1.48. The second-order valence-corrected chi connectivity index (χ2v) is 8.93. The van der Waals surface area contributed by atoms with Crippen molar-refractivity contribution < 1.29 is 33.8 Å². The Labute approximate surface area is 197 Å². The third-order valence-corrected chi connectivity index (χ3v) is 5.16. The van der Waals surface area contributed by atoms with E-state index in [1.54, 1.807) is 20.8 Å². The number of carboxylic acids is 1. The van der Waals surface area contributed by atoms with Gasteiger partial charge >= 0.3 is 18.0 Å². The topological polar surface area (TPSA) is 131 Å². The van der Waals surface area contributed by atoms with Crippen LogP contribution in [0.3, 0.4) is 0 Å². The summed E-state index contributed by atoms with van der Waals surface area (Å²) in [6.07, 6.45) is -1.35. The number of rotatable bonds is 8. The van der Waals surface area contributed by atoms with Crippen LogP contribution in [0.1, 0.15) is 44.2 Å². The average Bonchev–Trinajstić information content (AvgIpc) is 3.08. The number of aliphatic carboxylic acids is 1. The van der Waals surface area contributed by atoms with Crippen molar-refractivity contribution >= 4 is 23.9 Å². The van der Waals surface area contributed by atoms with Gasteiger partial charge in [-0.2, -0.15) is 0 Å². The van der Waals surface area contributed by atoms with Gasteiger partial charge in [-0.15, -0.1) is 0 Å². The first-order valence-corrected chi connectivity index (χ1v) is 10.9. The number of hydrogen-bond acceptors (Lipinski definition) is 6. The molecule has 180 valence electrons. The molecule has 2 amide bonds. The monoisotopic (exact) mass is 468 g/mol. The molecule has 34 heavy (non-hydrogen) atoms. The Balaban J connectivity index is 1.50. The lowest BCUT2D eigenvalue weighted by molar-refractivity contribution is -0.158. The van der Waals surface area contributed by atoms with E-state index in [2.05, 4.69) is 10.6 Å². The SMILES string of the molecule is CC(C)(C)OC(=O)C[C@H](NC(=O)CNC(=O)OCC1c2ccccc2-c2ccccc21)C(=O)O. The molecule has 3 rings (SSSR count). The second kappa shape index (κ2) is 10.4. The molecule has 1 aliphatic rings. The number of amides is 2. The summed E-state index contributed by atoms with van der Waals surface area (Å²) in [6, 6.07) is 14.3. The van der Waals surface area contributed by atoms with Crippen molar-refractivity contribution in [3.8, 4) is 11.1 Å². The zero-order valence-corrected chi connectivity index (χ0v) is 19.3. The largest absolute Gasteiger partial charge is 0.480 e. The number of benzene rings is 2. The molecular weight excluding hydrogens is 440 g/mol. The Morgan fingerprint density at radius 1 is 0.971 bits per heavy atom. The summed E-state index contributed by atoms with van der Waals surface area (Å²) in [5.74, 6) is -3.05. The number of ether oxygens (including phenoxy) is 2. The molecule has 0 spiro atoms. The van der Waals surface area contributed by atoms with Gasteiger partial charge in [0.1, 0.15) is 24.8 Å². The smallest absolute Gasteiger partial charge is 0.407 e. The molecule has 3 N–H and O–H groups in total. The van der Waals surface area contributed by atoms with Crippen LogP contribution in [0.4, 0.5) is 4.79 Å². The lowest BCUT2D eigenvalue weighted by Crippen LogP contribution is -2.47. The maximum atomic E-state index is 12.2. The number of carbonyl (C=O) groups is 4. The number of carbonyl (C=O) groups excluding carboxylic acids is 3. The molecule has 0 radical (unpaired) electrons. The fraction of sp³-hybridized carbons (Fsp3) is 0.360. The van der Waals surface area contributed by atoms with Gasteiger partial charge in [0.05, 0.1) is 6.42 Å². The van der Waals surface area contributed by atoms with Crippen LogP contribution in [-0.2, 0) is 23.9 Å². The number of hydrogen-bond donors (Lipinski definition) is 3. The average molecular weight is 469 g/mol. The highest BCUT2D eigenvalue weighted by Gasteiger charge is 2.29. The third-order valence-electron chi connectivity index (χ3n) is 5.16. The fourth-order valence-corrected chi connectivity index (χ4v) is 3.80. The van der Waals surface area contributed by atoms with Gasteiger partial charge in [0.25, 0.3) is 0 Å². The van der Waals surface area contributed by atoms with E-state index in [1.807, 2.05) is 48.5 Å². The molecule has 0 saturated heterocycles. The minimum absolute atomic E-state index is 0.0812. The molecular formula is C25H28N2O7. The molecule has 0 aliphatic heterocycles. The Morgan fingerprint density at radius 2 is 1.53 bits per heavy atom. The van der Waals surface area contributed by atoms with E-state index in [0.29, 0.717) is 0 Å². The summed E-state index contributed by atoms with van der Waals surface area (Å²) in [5.41, 5.74) is 3.52. The fourth-order valence-electron chi connectivity index (χ4n) is 3.80. The van der Waals surface area contributed by atoms with Crippen molar-refractivity contribution in [1.29, 1.82) is 0 Å². The van der Waals surface area contributed by atoms with Crippen LogP contribution in [0.5, 0.6) is 0 Å². The van der Waals surface area contributed by atoms with Crippen LogP contribution >= 0.6 is 0 Å². The van der Waals surface area contributed by atoms with Gasteiger partial charge in [0.15, 0.2) is 0 Å². The number of nitrogens with one attached hydrogen (secondary N) is 2. The van der Waals surface area contributed by atoms with Gasteiger partial charge in [0.2, 0.25) is 5.91 Å². The normalized spacial score (nSPS) is 13.3. The minimum Gasteiger partial charge on any atom is -0.480 e. The van der Waals surface area contributed by atoms with E-state index in [1.165, 1.54) is 0 Å². The van der Waals surface area contributed by atoms with Crippen LogP contribution in [0.15, 0.2) is 48.5 Å². The van der Waals surface area contributed by atoms with Crippen molar-refractivity contribution in [2.24, 2.45) is 0 Å². The van der Waals surface area contributed by atoms with E-state index in [4.69, 9.17) is 9.47 Å². The molecule has 0 heterocycles. The Bertz CT molecular complexity index is 1050. The zero-order chi connectivity index (χ0) is 24.9. The molecule has 2 aromatic carbocycles. The van der Waals surface area contributed by atoms with Crippen molar-refractivity contribution in [2.45, 2.75) is 44.8 Å². The quantitative estimate of drug-likeness (QED) is 0.508. The predicted molar refractivity (Wildman–Crippen MR) is 123 cm³/mol. The van der Waals surface area contributed by atoms with Crippen molar-refractivity contribution in [1.82, 2.24) is 10.6 Å².